The second-order valence-corrected chi connectivity index (χ2v) is 6.66. The van der Waals surface area contributed by atoms with E-state index in [0.29, 0.717) is 0 Å². The minimum Gasteiger partial charge on any atom is -0.496 e. The number of hydrogen-bond acceptors (Lipinski definition) is 5. The van der Waals surface area contributed by atoms with Crippen LogP contribution in [0.2, 0.25) is 0 Å². The summed E-state index contributed by atoms with van der Waals surface area (Å²) in [6.45, 7) is 2.76. The van der Waals surface area contributed by atoms with Crippen LogP contribution >= 0.6 is 0 Å². The van der Waals surface area contributed by atoms with Gasteiger partial charge in [-0.2, -0.15) is 4.31 Å². The highest BCUT2D eigenvalue weighted by atomic mass is 32.2. The summed E-state index contributed by atoms with van der Waals surface area (Å²) >= 11 is 0. The number of likely N-dealkylation sites (N-methyl/N-ethyl adjacent to an activating group) is 1. The highest BCUT2D eigenvalue weighted by Crippen LogP contribution is 2.26. The molecule has 128 valence electrons. The zero-order valence-corrected chi connectivity index (χ0v) is 13.8. The molecule has 0 aliphatic rings. The molecule has 2 N–H and O–H groups in total. The molecule has 0 radical (unpaired) electrons. The minimum atomic E-state index is -4.07. The minimum absolute atomic E-state index is 0.0317. The monoisotopic (exact) mass is 345 g/mol. The molecule has 0 bridgehead atoms. The maximum atomic E-state index is 12.6. The Bertz CT molecular complexity index is 699. The van der Waals surface area contributed by atoms with Gasteiger partial charge < -0.3 is 14.9 Å². The average molecular weight is 345 g/mol. The van der Waals surface area contributed by atoms with Gasteiger partial charge in [0.05, 0.1) is 18.4 Å². The van der Waals surface area contributed by atoms with E-state index in [-0.39, 0.29) is 22.8 Å². The molecule has 23 heavy (non-hydrogen) atoms. The summed E-state index contributed by atoms with van der Waals surface area (Å²) in [7, 11) is -2.73. The van der Waals surface area contributed by atoms with Crippen molar-refractivity contribution in [2.45, 2.75) is 31.2 Å². The van der Waals surface area contributed by atoms with Crippen LogP contribution in [0.5, 0.6) is 5.75 Å². The largest absolute Gasteiger partial charge is 0.496 e. The molecular formula is C14H19NO7S. The van der Waals surface area contributed by atoms with Crippen molar-refractivity contribution in [2.24, 2.45) is 0 Å². The maximum Gasteiger partial charge on any atom is 0.321 e. The van der Waals surface area contributed by atoms with Crippen molar-refractivity contribution in [1.82, 2.24) is 4.31 Å². The second-order valence-electron chi connectivity index (χ2n) is 4.77. The van der Waals surface area contributed by atoms with E-state index in [2.05, 4.69) is 0 Å². The molecule has 0 saturated carbocycles. The predicted octanol–water partition coefficient (Wildman–Crippen LogP) is 0.806. The zero-order valence-electron chi connectivity index (χ0n) is 13.0. The van der Waals surface area contributed by atoms with E-state index < -0.39 is 34.4 Å². The maximum absolute atomic E-state index is 12.6. The molecular weight excluding hydrogens is 326 g/mol. The fraction of sp³-hybridized carbons (Fsp3) is 0.429. The second kappa shape index (κ2) is 7.42. The van der Waals surface area contributed by atoms with Gasteiger partial charge in [0, 0.05) is 12.1 Å². The highest BCUT2D eigenvalue weighted by Gasteiger charge is 2.32. The molecule has 9 heteroatoms. The first-order chi connectivity index (χ1) is 10.6. The molecule has 8 nitrogen and oxygen atoms in total. The van der Waals surface area contributed by atoms with E-state index in [0.717, 1.165) is 4.31 Å². The van der Waals surface area contributed by atoms with Crippen LogP contribution in [-0.2, 0) is 26.0 Å². The van der Waals surface area contributed by atoms with Crippen LogP contribution in [0.3, 0.4) is 0 Å². The van der Waals surface area contributed by atoms with Gasteiger partial charge in [0.15, 0.2) is 0 Å². The number of sulfonamides is 1. The summed E-state index contributed by atoms with van der Waals surface area (Å²) in [5.74, 6) is -2.15. The Labute approximate surface area is 134 Å². The SMILES string of the molecule is CCN(C(C)C(=O)O)S(=O)(=O)c1ccc(OC)c(CC(=O)O)c1. The predicted molar refractivity (Wildman–Crippen MR) is 81.0 cm³/mol. The summed E-state index contributed by atoms with van der Waals surface area (Å²) in [4.78, 5) is 21.8. The molecule has 0 amide bonds. The molecule has 0 heterocycles. The van der Waals surface area contributed by atoms with Crippen molar-refractivity contribution in [1.29, 1.82) is 0 Å². The normalized spacial score (nSPS) is 12.9. The van der Waals surface area contributed by atoms with Crippen LogP contribution in [0.4, 0.5) is 0 Å². The number of carbonyl (C=O) groups is 2. The lowest BCUT2D eigenvalue weighted by molar-refractivity contribution is -0.141. The number of carboxylic acid groups (broad SMARTS) is 2. The number of nitrogens with zero attached hydrogens (tertiary/aromatic N) is 1. The van der Waals surface area contributed by atoms with Gasteiger partial charge in [-0.3, -0.25) is 9.59 Å². The summed E-state index contributed by atoms with van der Waals surface area (Å²) < 4.78 is 31.1. The Morgan fingerprint density at radius 3 is 2.35 bits per heavy atom. The quantitative estimate of drug-likeness (QED) is 0.715. The molecule has 1 atom stereocenters. The van der Waals surface area contributed by atoms with Crippen LogP contribution in [0.15, 0.2) is 23.1 Å². The van der Waals surface area contributed by atoms with Gasteiger partial charge in [0.1, 0.15) is 11.8 Å². The van der Waals surface area contributed by atoms with Crippen molar-refractivity contribution in [2.75, 3.05) is 13.7 Å². The summed E-state index contributed by atoms with van der Waals surface area (Å²) in [5, 5.41) is 17.9. The Hall–Kier alpha value is -2.13. The number of rotatable bonds is 8. The van der Waals surface area contributed by atoms with E-state index >= 15 is 0 Å². The topological polar surface area (TPSA) is 121 Å². The number of benzene rings is 1. The first-order valence-corrected chi connectivity index (χ1v) is 8.22. The highest BCUT2D eigenvalue weighted by molar-refractivity contribution is 7.89. The van der Waals surface area contributed by atoms with Crippen LogP contribution in [0, 0.1) is 0 Å². The third kappa shape index (κ3) is 4.20. The van der Waals surface area contributed by atoms with E-state index in [1.54, 1.807) is 0 Å². The fourth-order valence-corrected chi connectivity index (χ4v) is 3.78. The number of hydrogen-bond donors (Lipinski definition) is 2. The van der Waals surface area contributed by atoms with Crippen LogP contribution < -0.4 is 4.74 Å². The summed E-state index contributed by atoms with van der Waals surface area (Å²) in [6, 6.07) is 2.57. The van der Waals surface area contributed by atoms with Crippen LogP contribution in [0.1, 0.15) is 19.4 Å². The molecule has 0 fully saturated rings. The molecule has 1 rings (SSSR count). The number of carboxylic acids is 2. The average Bonchev–Trinajstić information content (AvgIpc) is 2.46. The third-order valence-electron chi connectivity index (χ3n) is 3.30. The van der Waals surface area contributed by atoms with E-state index in [1.807, 2.05) is 0 Å². The number of aliphatic carboxylic acids is 2. The molecule has 1 unspecified atom stereocenters. The van der Waals surface area contributed by atoms with Crippen molar-refractivity contribution >= 4 is 22.0 Å². The Morgan fingerprint density at radius 2 is 1.91 bits per heavy atom. The number of methoxy groups -OCH3 is 1. The molecule has 0 aliphatic heterocycles. The standard InChI is InChI=1S/C14H19NO7S/c1-4-15(9(2)14(18)19)23(20,21)11-5-6-12(22-3)10(7-11)8-13(16)17/h5-7,9H,4,8H2,1-3H3,(H,16,17)(H,18,19). The molecule has 0 aromatic heterocycles. The first-order valence-electron chi connectivity index (χ1n) is 6.78. The van der Waals surface area contributed by atoms with E-state index in [1.165, 1.54) is 39.2 Å². The van der Waals surface area contributed by atoms with Gasteiger partial charge in [0.25, 0.3) is 0 Å². The third-order valence-corrected chi connectivity index (χ3v) is 5.34. The lowest BCUT2D eigenvalue weighted by Crippen LogP contribution is -2.43. The van der Waals surface area contributed by atoms with Crippen molar-refractivity contribution in [3.05, 3.63) is 23.8 Å². The molecule has 1 aromatic rings. The van der Waals surface area contributed by atoms with Crippen molar-refractivity contribution < 1.29 is 33.0 Å². The van der Waals surface area contributed by atoms with Gasteiger partial charge in [-0.05, 0) is 25.1 Å². The smallest absolute Gasteiger partial charge is 0.321 e. The van der Waals surface area contributed by atoms with Crippen LogP contribution in [0.25, 0.3) is 0 Å². The van der Waals surface area contributed by atoms with Crippen LogP contribution in [-0.4, -0.2) is 54.6 Å². The Kier molecular flexibility index (Phi) is 6.11. The lowest BCUT2D eigenvalue weighted by Gasteiger charge is -2.24. The van der Waals surface area contributed by atoms with Crippen molar-refractivity contribution in [3.8, 4) is 5.75 Å². The number of ether oxygens (including phenoxy) is 1. The first kappa shape index (κ1) is 18.9. The fourth-order valence-electron chi connectivity index (χ4n) is 2.13. The molecule has 0 aliphatic carbocycles. The van der Waals surface area contributed by atoms with Gasteiger partial charge >= 0.3 is 11.9 Å². The van der Waals surface area contributed by atoms with Gasteiger partial charge in [-0.1, -0.05) is 6.92 Å². The summed E-state index contributed by atoms with van der Waals surface area (Å²) in [5.41, 5.74) is 0.195. The Balaban J connectivity index is 3.37. The van der Waals surface area contributed by atoms with E-state index in [9.17, 15) is 18.0 Å². The van der Waals surface area contributed by atoms with Crippen molar-refractivity contribution in [3.63, 3.8) is 0 Å². The molecule has 1 aromatic carbocycles. The zero-order chi connectivity index (χ0) is 17.8. The van der Waals surface area contributed by atoms with Gasteiger partial charge in [0.2, 0.25) is 10.0 Å². The molecule has 0 spiro atoms. The molecule has 0 saturated heterocycles. The lowest BCUT2D eigenvalue weighted by atomic mass is 10.1. The van der Waals surface area contributed by atoms with Gasteiger partial charge in [-0.25, -0.2) is 8.42 Å². The van der Waals surface area contributed by atoms with Gasteiger partial charge in [-0.15, -0.1) is 0 Å². The van der Waals surface area contributed by atoms with E-state index in [4.69, 9.17) is 14.9 Å². The summed E-state index contributed by atoms with van der Waals surface area (Å²) in [6.07, 6.45) is -0.410. The Morgan fingerprint density at radius 1 is 1.30 bits per heavy atom.